The summed E-state index contributed by atoms with van der Waals surface area (Å²) in [6.07, 6.45) is 1.84. The van der Waals surface area contributed by atoms with Crippen LogP contribution < -0.4 is 5.73 Å². The fourth-order valence-electron chi connectivity index (χ4n) is 2.47. The topological polar surface area (TPSA) is 46.3 Å². The van der Waals surface area contributed by atoms with Crippen LogP contribution in [0.4, 0.5) is 5.69 Å². The Morgan fingerprint density at radius 3 is 2.53 bits per heavy atom. The second-order valence-corrected chi connectivity index (χ2v) is 6.02. The van der Waals surface area contributed by atoms with Crippen LogP contribution in [-0.4, -0.2) is 24.4 Å². The van der Waals surface area contributed by atoms with Crippen LogP contribution in [0.25, 0.3) is 0 Å². The molecule has 1 amide bonds. The predicted molar refractivity (Wildman–Crippen MR) is 78.8 cm³/mol. The molecule has 3 heteroatoms. The molecule has 1 aliphatic carbocycles. The van der Waals surface area contributed by atoms with E-state index in [1.54, 1.807) is 0 Å². The summed E-state index contributed by atoms with van der Waals surface area (Å²) >= 11 is 0. The quantitative estimate of drug-likeness (QED) is 0.827. The Bertz CT molecular complexity index is 441. The normalized spacial score (nSPS) is 22.9. The summed E-state index contributed by atoms with van der Waals surface area (Å²) in [6, 6.07) is 7.81. The summed E-state index contributed by atoms with van der Waals surface area (Å²) in [5, 5.41) is 0. The molecule has 3 atom stereocenters. The highest BCUT2D eigenvalue weighted by Gasteiger charge is 2.34. The molecule has 0 aromatic heterocycles. The van der Waals surface area contributed by atoms with Gasteiger partial charge in [0.1, 0.15) is 0 Å². The van der Waals surface area contributed by atoms with E-state index in [0.29, 0.717) is 6.42 Å². The van der Waals surface area contributed by atoms with Crippen molar-refractivity contribution in [3.8, 4) is 0 Å². The SMILES string of the molecule is CC(CC(=O)N(C)CC1CC1C)c1ccc(N)cc1. The number of carbonyl (C=O) groups excluding carboxylic acids is 1. The maximum atomic E-state index is 12.2. The number of carbonyl (C=O) groups is 1. The van der Waals surface area contributed by atoms with E-state index in [-0.39, 0.29) is 11.8 Å². The smallest absolute Gasteiger partial charge is 0.222 e. The van der Waals surface area contributed by atoms with Crippen LogP contribution in [0.15, 0.2) is 24.3 Å². The van der Waals surface area contributed by atoms with E-state index >= 15 is 0 Å². The van der Waals surface area contributed by atoms with Crippen molar-refractivity contribution in [3.05, 3.63) is 29.8 Å². The van der Waals surface area contributed by atoms with E-state index < -0.39 is 0 Å². The highest BCUT2D eigenvalue weighted by Crippen LogP contribution is 2.38. The fourth-order valence-corrected chi connectivity index (χ4v) is 2.47. The van der Waals surface area contributed by atoms with Gasteiger partial charge >= 0.3 is 0 Å². The van der Waals surface area contributed by atoms with Crippen molar-refractivity contribution in [2.45, 2.75) is 32.6 Å². The molecule has 1 aromatic rings. The summed E-state index contributed by atoms with van der Waals surface area (Å²) in [6.45, 7) is 5.26. The van der Waals surface area contributed by atoms with Crippen LogP contribution in [0.1, 0.15) is 38.2 Å². The molecule has 0 spiro atoms. The molecule has 19 heavy (non-hydrogen) atoms. The van der Waals surface area contributed by atoms with E-state index in [1.807, 2.05) is 36.2 Å². The monoisotopic (exact) mass is 260 g/mol. The van der Waals surface area contributed by atoms with Crippen LogP contribution in [0.2, 0.25) is 0 Å². The fraction of sp³-hybridized carbons (Fsp3) is 0.562. The van der Waals surface area contributed by atoms with Crippen molar-refractivity contribution in [2.24, 2.45) is 11.8 Å². The molecule has 0 heterocycles. The lowest BCUT2D eigenvalue weighted by atomic mass is 9.97. The molecule has 2 rings (SSSR count). The molecular formula is C16H24N2O. The molecule has 1 aromatic carbocycles. The minimum Gasteiger partial charge on any atom is -0.399 e. The zero-order valence-corrected chi connectivity index (χ0v) is 12.1. The van der Waals surface area contributed by atoms with Gasteiger partial charge in [0, 0.05) is 25.7 Å². The Balaban J connectivity index is 1.85. The maximum absolute atomic E-state index is 12.2. The zero-order valence-electron chi connectivity index (χ0n) is 12.1. The molecule has 1 aliphatic rings. The lowest BCUT2D eigenvalue weighted by Gasteiger charge is -2.20. The predicted octanol–water partition coefficient (Wildman–Crippen LogP) is 2.88. The number of hydrogen-bond acceptors (Lipinski definition) is 2. The first-order valence-electron chi connectivity index (χ1n) is 7.06. The Hall–Kier alpha value is -1.51. The third kappa shape index (κ3) is 3.72. The number of anilines is 1. The van der Waals surface area contributed by atoms with Crippen molar-refractivity contribution >= 4 is 11.6 Å². The van der Waals surface area contributed by atoms with Gasteiger partial charge in [-0.3, -0.25) is 4.79 Å². The number of nitrogen functional groups attached to an aromatic ring is 1. The molecule has 0 saturated heterocycles. The molecule has 0 radical (unpaired) electrons. The lowest BCUT2D eigenvalue weighted by molar-refractivity contribution is -0.130. The van der Waals surface area contributed by atoms with E-state index in [1.165, 1.54) is 12.0 Å². The Morgan fingerprint density at radius 2 is 2.00 bits per heavy atom. The van der Waals surface area contributed by atoms with Crippen molar-refractivity contribution < 1.29 is 4.79 Å². The van der Waals surface area contributed by atoms with Gasteiger partial charge in [0.05, 0.1) is 0 Å². The summed E-state index contributed by atoms with van der Waals surface area (Å²) in [5.41, 5.74) is 7.62. The van der Waals surface area contributed by atoms with Crippen molar-refractivity contribution in [3.63, 3.8) is 0 Å². The Labute approximate surface area is 115 Å². The summed E-state index contributed by atoms with van der Waals surface area (Å²) < 4.78 is 0. The number of benzene rings is 1. The molecule has 104 valence electrons. The van der Waals surface area contributed by atoms with Crippen LogP contribution in [-0.2, 0) is 4.79 Å². The van der Waals surface area contributed by atoms with Gasteiger partial charge in [-0.2, -0.15) is 0 Å². The second kappa shape index (κ2) is 5.64. The van der Waals surface area contributed by atoms with Gasteiger partial charge in [0.15, 0.2) is 0 Å². The molecule has 1 saturated carbocycles. The first-order chi connectivity index (χ1) is 8.97. The third-order valence-corrected chi connectivity index (χ3v) is 4.20. The Kier molecular flexibility index (Phi) is 4.13. The van der Waals surface area contributed by atoms with Gasteiger partial charge in [0.25, 0.3) is 0 Å². The van der Waals surface area contributed by atoms with Gasteiger partial charge in [-0.25, -0.2) is 0 Å². The second-order valence-electron chi connectivity index (χ2n) is 6.02. The highest BCUT2D eigenvalue weighted by molar-refractivity contribution is 5.76. The van der Waals surface area contributed by atoms with Gasteiger partial charge in [-0.1, -0.05) is 26.0 Å². The minimum atomic E-state index is 0.239. The molecule has 1 fully saturated rings. The zero-order chi connectivity index (χ0) is 14.0. The van der Waals surface area contributed by atoms with Crippen LogP contribution in [0, 0.1) is 11.8 Å². The first kappa shape index (κ1) is 13.9. The van der Waals surface area contributed by atoms with Gasteiger partial charge in [-0.05, 0) is 41.9 Å². The molecule has 3 nitrogen and oxygen atoms in total. The molecule has 0 aliphatic heterocycles. The standard InChI is InChI=1S/C16H24N2O/c1-11-8-14(11)10-18(3)16(19)9-12(2)13-4-6-15(17)7-5-13/h4-7,11-12,14H,8-10,17H2,1-3H3. The van der Waals surface area contributed by atoms with Crippen LogP contribution in [0.5, 0.6) is 0 Å². The number of amides is 1. The maximum Gasteiger partial charge on any atom is 0.222 e. The summed E-state index contributed by atoms with van der Waals surface area (Å²) in [5.74, 6) is 2.00. The van der Waals surface area contributed by atoms with Crippen LogP contribution >= 0.6 is 0 Å². The molecular weight excluding hydrogens is 236 g/mol. The number of nitrogens with zero attached hydrogens (tertiary/aromatic N) is 1. The largest absolute Gasteiger partial charge is 0.399 e. The summed E-state index contributed by atoms with van der Waals surface area (Å²) in [4.78, 5) is 14.1. The lowest BCUT2D eigenvalue weighted by Crippen LogP contribution is -2.29. The van der Waals surface area contributed by atoms with Gasteiger partial charge in [0.2, 0.25) is 5.91 Å². The van der Waals surface area contributed by atoms with E-state index in [2.05, 4.69) is 13.8 Å². The number of hydrogen-bond donors (Lipinski definition) is 1. The van der Waals surface area contributed by atoms with Crippen molar-refractivity contribution in [2.75, 3.05) is 19.3 Å². The average Bonchev–Trinajstić information content (AvgIpc) is 3.05. The van der Waals surface area contributed by atoms with Gasteiger partial charge < -0.3 is 10.6 Å². The van der Waals surface area contributed by atoms with Gasteiger partial charge in [-0.15, -0.1) is 0 Å². The molecule has 2 N–H and O–H groups in total. The average molecular weight is 260 g/mol. The minimum absolute atomic E-state index is 0.239. The van der Waals surface area contributed by atoms with E-state index in [9.17, 15) is 4.79 Å². The highest BCUT2D eigenvalue weighted by atomic mass is 16.2. The van der Waals surface area contributed by atoms with Crippen LogP contribution in [0.3, 0.4) is 0 Å². The number of nitrogens with two attached hydrogens (primary N) is 1. The van der Waals surface area contributed by atoms with Crippen molar-refractivity contribution in [1.82, 2.24) is 4.90 Å². The first-order valence-corrected chi connectivity index (χ1v) is 7.06. The Morgan fingerprint density at radius 1 is 1.42 bits per heavy atom. The summed E-state index contributed by atoms with van der Waals surface area (Å²) in [7, 11) is 1.92. The molecule has 0 bridgehead atoms. The van der Waals surface area contributed by atoms with E-state index in [4.69, 9.17) is 5.73 Å². The third-order valence-electron chi connectivity index (χ3n) is 4.20. The van der Waals surface area contributed by atoms with E-state index in [0.717, 1.165) is 24.1 Å². The van der Waals surface area contributed by atoms with Crippen molar-refractivity contribution in [1.29, 1.82) is 0 Å². The number of rotatable bonds is 5. The molecule has 3 unspecified atom stereocenters.